The van der Waals surface area contributed by atoms with E-state index in [1.54, 1.807) is 6.26 Å². The molecule has 16 heavy (non-hydrogen) atoms. The lowest BCUT2D eigenvalue weighted by molar-refractivity contribution is 0.0699. The number of likely N-dealkylation sites (N-methyl/N-ethyl adjacent to an activating group) is 1. The molecule has 0 saturated carbocycles. The van der Waals surface area contributed by atoms with Gasteiger partial charge in [-0.25, -0.2) is 0 Å². The molecule has 0 spiro atoms. The van der Waals surface area contributed by atoms with Crippen molar-refractivity contribution in [3.8, 4) is 0 Å². The molecule has 4 heteroatoms. The molecule has 1 aliphatic heterocycles. The molecule has 0 bridgehead atoms. The highest BCUT2D eigenvalue weighted by atomic mass is 32.2. The van der Waals surface area contributed by atoms with Gasteiger partial charge in [0.1, 0.15) is 10.9 Å². The van der Waals surface area contributed by atoms with Gasteiger partial charge in [0, 0.05) is 18.4 Å². The van der Waals surface area contributed by atoms with Crippen LogP contribution in [-0.2, 0) is 16.1 Å². The molecule has 0 amide bonds. The standard InChI is InChI=1S/C12H23NO2S/c1-10(11-8-6-7-9-15-11)13(5)16(14)12(2,3)4/h7,9-11H,6,8H2,1-5H3/t10?,11-,16-/m0/s1. The van der Waals surface area contributed by atoms with Crippen LogP contribution in [0.15, 0.2) is 12.3 Å². The van der Waals surface area contributed by atoms with E-state index >= 15 is 0 Å². The van der Waals surface area contributed by atoms with E-state index in [0.717, 1.165) is 12.8 Å². The highest BCUT2D eigenvalue weighted by Gasteiger charge is 2.36. The average Bonchev–Trinajstić information content (AvgIpc) is 2.26. The quantitative estimate of drug-likeness (QED) is 0.717. The zero-order valence-corrected chi connectivity index (χ0v) is 11.7. The van der Waals surface area contributed by atoms with E-state index in [4.69, 9.17) is 4.74 Å². The number of hydrogen-bond donors (Lipinski definition) is 0. The first-order chi connectivity index (χ1) is 7.34. The summed E-state index contributed by atoms with van der Waals surface area (Å²) in [5.41, 5.74) is 0. The summed E-state index contributed by atoms with van der Waals surface area (Å²) in [6.07, 6.45) is 6.00. The van der Waals surface area contributed by atoms with Gasteiger partial charge in [-0.1, -0.05) is 0 Å². The fraction of sp³-hybridized carbons (Fsp3) is 0.833. The van der Waals surface area contributed by atoms with Crippen molar-refractivity contribution >= 4 is 11.4 Å². The lowest BCUT2D eigenvalue weighted by Gasteiger charge is -2.36. The lowest BCUT2D eigenvalue weighted by Crippen LogP contribution is -2.49. The molecule has 1 rings (SSSR count). The molecule has 0 fully saturated rings. The van der Waals surface area contributed by atoms with Gasteiger partial charge in [-0.05, 0) is 46.6 Å². The summed E-state index contributed by atoms with van der Waals surface area (Å²) in [6.45, 7) is 8.06. The van der Waals surface area contributed by atoms with Crippen molar-refractivity contribution in [1.82, 2.24) is 4.31 Å². The van der Waals surface area contributed by atoms with Crippen LogP contribution in [0.2, 0.25) is 0 Å². The minimum absolute atomic E-state index is 0.154. The van der Waals surface area contributed by atoms with Crippen molar-refractivity contribution < 1.29 is 9.29 Å². The smallest absolute Gasteiger partial charge is 0.137 e. The Labute approximate surface area is 102 Å². The molecular weight excluding hydrogens is 222 g/mol. The minimum Gasteiger partial charge on any atom is -0.597 e. The molecule has 94 valence electrons. The van der Waals surface area contributed by atoms with E-state index in [2.05, 4.69) is 6.92 Å². The summed E-state index contributed by atoms with van der Waals surface area (Å²) in [5, 5.41) is 0. The number of allylic oxidation sites excluding steroid dienone is 1. The van der Waals surface area contributed by atoms with Crippen LogP contribution < -0.4 is 0 Å². The zero-order valence-electron chi connectivity index (χ0n) is 10.9. The summed E-state index contributed by atoms with van der Waals surface area (Å²) in [7, 11) is 1.91. The SMILES string of the molecule is CC([C@@H]1CCC=CO1)N(C)[S@@+]([O-])C(C)(C)C. The first-order valence-electron chi connectivity index (χ1n) is 5.79. The lowest BCUT2D eigenvalue weighted by atomic mass is 10.1. The van der Waals surface area contributed by atoms with Crippen molar-refractivity contribution in [3.05, 3.63) is 12.3 Å². The van der Waals surface area contributed by atoms with Crippen LogP contribution in [-0.4, -0.2) is 32.8 Å². The normalized spacial score (nSPS) is 25.3. The molecular formula is C12H23NO2S. The van der Waals surface area contributed by atoms with Crippen LogP contribution in [0.1, 0.15) is 40.5 Å². The van der Waals surface area contributed by atoms with Crippen molar-refractivity contribution in [3.63, 3.8) is 0 Å². The van der Waals surface area contributed by atoms with Gasteiger partial charge in [-0.2, -0.15) is 0 Å². The van der Waals surface area contributed by atoms with Crippen molar-refractivity contribution in [2.45, 2.75) is 57.4 Å². The van der Waals surface area contributed by atoms with Crippen molar-refractivity contribution in [1.29, 1.82) is 0 Å². The Kier molecular flexibility index (Phi) is 4.71. The second-order valence-corrected chi connectivity index (χ2v) is 7.57. The largest absolute Gasteiger partial charge is 0.597 e. The van der Waals surface area contributed by atoms with E-state index in [9.17, 15) is 4.55 Å². The molecule has 3 nitrogen and oxygen atoms in total. The molecule has 0 aromatic carbocycles. The maximum atomic E-state index is 12.2. The predicted octanol–water partition coefficient (Wildman–Crippen LogP) is 2.46. The predicted molar refractivity (Wildman–Crippen MR) is 68.4 cm³/mol. The zero-order chi connectivity index (χ0) is 12.3. The number of hydrogen-bond acceptors (Lipinski definition) is 3. The highest BCUT2D eigenvalue weighted by molar-refractivity contribution is 7.90. The fourth-order valence-electron chi connectivity index (χ4n) is 1.73. The van der Waals surface area contributed by atoms with Crippen LogP contribution in [0.5, 0.6) is 0 Å². The molecule has 0 saturated heterocycles. The molecule has 0 N–H and O–H groups in total. The summed E-state index contributed by atoms with van der Waals surface area (Å²) in [4.78, 5) is 0. The topological polar surface area (TPSA) is 35.5 Å². The molecule has 1 aliphatic rings. The first-order valence-corrected chi connectivity index (χ1v) is 6.90. The van der Waals surface area contributed by atoms with Crippen LogP contribution in [0.25, 0.3) is 0 Å². The van der Waals surface area contributed by atoms with Gasteiger partial charge in [0.25, 0.3) is 0 Å². The minimum atomic E-state index is -0.985. The van der Waals surface area contributed by atoms with Gasteiger partial charge in [0.2, 0.25) is 0 Å². The summed E-state index contributed by atoms with van der Waals surface area (Å²) in [5.74, 6) is 0. The maximum absolute atomic E-state index is 12.2. The molecule has 0 aromatic rings. The molecule has 1 unspecified atom stereocenters. The van der Waals surface area contributed by atoms with Gasteiger partial charge in [0.05, 0.1) is 12.3 Å². The number of nitrogens with zero attached hydrogens (tertiary/aromatic N) is 1. The molecule has 0 aliphatic carbocycles. The van der Waals surface area contributed by atoms with Gasteiger partial charge in [-0.3, -0.25) is 0 Å². The molecule has 0 radical (unpaired) electrons. The number of rotatable bonds is 3. The van der Waals surface area contributed by atoms with E-state index in [1.807, 2.05) is 38.2 Å². The molecule has 3 atom stereocenters. The molecule has 1 heterocycles. The van der Waals surface area contributed by atoms with Gasteiger partial charge < -0.3 is 9.29 Å². The van der Waals surface area contributed by atoms with Crippen LogP contribution in [0, 0.1) is 0 Å². The van der Waals surface area contributed by atoms with Gasteiger partial charge >= 0.3 is 0 Å². The summed E-state index contributed by atoms with van der Waals surface area (Å²) >= 11 is -0.985. The fourth-order valence-corrected chi connectivity index (χ4v) is 3.03. The Morgan fingerprint density at radius 1 is 1.50 bits per heavy atom. The Morgan fingerprint density at radius 3 is 2.56 bits per heavy atom. The van der Waals surface area contributed by atoms with E-state index in [-0.39, 0.29) is 16.9 Å². The van der Waals surface area contributed by atoms with Gasteiger partial charge in [0.15, 0.2) is 0 Å². The van der Waals surface area contributed by atoms with E-state index in [0.29, 0.717) is 0 Å². The van der Waals surface area contributed by atoms with Crippen LogP contribution >= 0.6 is 0 Å². The number of ether oxygens (including phenoxy) is 1. The second kappa shape index (κ2) is 5.43. The Bertz CT molecular complexity index is 250. The van der Waals surface area contributed by atoms with Crippen LogP contribution in [0.4, 0.5) is 0 Å². The van der Waals surface area contributed by atoms with E-state index < -0.39 is 11.4 Å². The van der Waals surface area contributed by atoms with Crippen molar-refractivity contribution in [2.24, 2.45) is 0 Å². The first kappa shape index (κ1) is 13.9. The second-order valence-electron chi connectivity index (χ2n) is 5.27. The third kappa shape index (κ3) is 3.40. The molecule has 0 aromatic heterocycles. The van der Waals surface area contributed by atoms with E-state index in [1.165, 1.54) is 0 Å². The van der Waals surface area contributed by atoms with Crippen molar-refractivity contribution in [2.75, 3.05) is 7.05 Å². The summed E-state index contributed by atoms with van der Waals surface area (Å²) in [6, 6.07) is 0.171. The third-order valence-electron chi connectivity index (χ3n) is 2.86. The highest BCUT2D eigenvalue weighted by Crippen LogP contribution is 2.25. The summed E-state index contributed by atoms with van der Waals surface area (Å²) < 4.78 is 19.5. The maximum Gasteiger partial charge on any atom is 0.137 e. The monoisotopic (exact) mass is 245 g/mol. The third-order valence-corrected chi connectivity index (χ3v) is 4.77. The van der Waals surface area contributed by atoms with Crippen LogP contribution in [0.3, 0.4) is 0 Å². The van der Waals surface area contributed by atoms with Gasteiger partial charge in [-0.15, -0.1) is 4.31 Å². The Hall–Kier alpha value is -0.190. The average molecular weight is 245 g/mol. The Morgan fingerprint density at radius 2 is 2.12 bits per heavy atom. The Balaban J connectivity index is 2.59.